The third-order valence-electron chi connectivity index (χ3n) is 4.63. The molecule has 3 rings (SSSR count). The van der Waals surface area contributed by atoms with Crippen LogP contribution in [0.5, 0.6) is 0 Å². The molecule has 3 aromatic carbocycles. The fourth-order valence-electron chi connectivity index (χ4n) is 3.03. The number of hydrogen-bond donors (Lipinski definition) is 1. The van der Waals surface area contributed by atoms with E-state index in [1.54, 1.807) is 11.8 Å². The Balaban J connectivity index is 1.73. The summed E-state index contributed by atoms with van der Waals surface area (Å²) in [5.74, 6) is 0.892. The van der Waals surface area contributed by atoms with Gasteiger partial charge in [-0.25, -0.2) is 0 Å². The molecule has 0 spiro atoms. The minimum atomic E-state index is -0.139. The van der Waals surface area contributed by atoms with E-state index >= 15 is 0 Å². The van der Waals surface area contributed by atoms with Crippen molar-refractivity contribution in [2.24, 2.45) is 0 Å². The van der Waals surface area contributed by atoms with Gasteiger partial charge in [-0.15, -0.1) is 11.8 Å². The second-order valence-corrected chi connectivity index (χ2v) is 7.98. The molecular formula is C24H25NOS. The van der Waals surface area contributed by atoms with Crippen LogP contribution in [0.2, 0.25) is 0 Å². The molecule has 0 saturated carbocycles. The zero-order valence-electron chi connectivity index (χ0n) is 15.8. The van der Waals surface area contributed by atoms with Crippen molar-refractivity contribution >= 4 is 17.7 Å². The van der Waals surface area contributed by atoms with Crippen LogP contribution in [0.1, 0.15) is 35.2 Å². The highest BCUT2D eigenvalue weighted by Gasteiger charge is 2.21. The molecule has 0 aliphatic heterocycles. The van der Waals surface area contributed by atoms with Gasteiger partial charge in [0.15, 0.2) is 0 Å². The van der Waals surface area contributed by atoms with Crippen LogP contribution in [0.15, 0.2) is 84.9 Å². The summed E-state index contributed by atoms with van der Waals surface area (Å²) >= 11 is 1.66. The van der Waals surface area contributed by atoms with Gasteiger partial charge in [-0.3, -0.25) is 4.79 Å². The van der Waals surface area contributed by atoms with E-state index in [9.17, 15) is 4.79 Å². The van der Waals surface area contributed by atoms with E-state index in [1.165, 1.54) is 11.1 Å². The van der Waals surface area contributed by atoms with Crippen LogP contribution < -0.4 is 5.32 Å². The van der Waals surface area contributed by atoms with Crippen molar-refractivity contribution in [1.82, 2.24) is 5.32 Å². The Morgan fingerprint density at radius 2 is 1.48 bits per heavy atom. The molecule has 3 aromatic rings. The minimum absolute atomic E-state index is 0.0630. The van der Waals surface area contributed by atoms with Gasteiger partial charge in [-0.1, -0.05) is 84.9 Å². The number of thioether (sulfide) groups is 1. The van der Waals surface area contributed by atoms with Crippen molar-refractivity contribution in [3.05, 3.63) is 107 Å². The molecule has 2 atom stereocenters. The Bertz CT molecular complexity index is 864. The average Bonchev–Trinajstić information content (AvgIpc) is 2.72. The zero-order chi connectivity index (χ0) is 19.1. The van der Waals surface area contributed by atoms with E-state index in [2.05, 4.69) is 48.6 Å². The van der Waals surface area contributed by atoms with Gasteiger partial charge < -0.3 is 5.32 Å². The standard InChI is InChI=1S/C24H25NOS/c1-18-11-9-10-16-22(18)23(21-14-7-4-8-15-21)25-24(26)19(2)27-17-20-12-5-3-6-13-20/h3-16,19,23H,17H2,1-2H3,(H,25,26)/t19-,23-/m0/s1. The predicted molar refractivity (Wildman–Crippen MR) is 115 cm³/mol. The van der Waals surface area contributed by atoms with Crippen molar-refractivity contribution in [3.8, 4) is 0 Å². The largest absolute Gasteiger partial charge is 0.344 e. The summed E-state index contributed by atoms with van der Waals surface area (Å²) < 4.78 is 0. The third kappa shape index (κ3) is 5.24. The normalized spacial score (nSPS) is 13.0. The number of aryl methyl sites for hydroxylation is 1. The number of carbonyl (C=O) groups excluding carboxylic acids is 1. The first-order chi connectivity index (χ1) is 13.1. The number of benzene rings is 3. The van der Waals surface area contributed by atoms with Crippen LogP contribution in [-0.4, -0.2) is 11.2 Å². The minimum Gasteiger partial charge on any atom is -0.344 e. The molecule has 0 aliphatic rings. The summed E-state index contributed by atoms with van der Waals surface area (Å²) in [6.07, 6.45) is 0. The van der Waals surface area contributed by atoms with E-state index in [0.717, 1.165) is 16.9 Å². The lowest BCUT2D eigenvalue weighted by Crippen LogP contribution is -2.35. The SMILES string of the molecule is Cc1ccccc1[C@@H](NC(=O)[C@H](C)SCc1ccccc1)c1ccccc1. The number of hydrogen-bond acceptors (Lipinski definition) is 2. The van der Waals surface area contributed by atoms with Crippen molar-refractivity contribution in [2.75, 3.05) is 0 Å². The summed E-state index contributed by atoms with van der Waals surface area (Å²) in [7, 11) is 0. The second kappa shape index (κ2) is 9.43. The van der Waals surface area contributed by atoms with Gasteiger partial charge >= 0.3 is 0 Å². The maximum Gasteiger partial charge on any atom is 0.233 e. The van der Waals surface area contributed by atoms with Crippen LogP contribution >= 0.6 is 11.8 Å². The van der Waals surface area contributed by atoms with E-state index in [4.69, 9.17) is 0 Å². The highest BCUT2D eigenvalue weighted by Crippen LogP contribution is 2.26. The Morgan fingerprint density at radius 3 is 2.15 bits per heavy atom. The molecule has 0 aliphatic carbocycles. The molecule has 0 heterocycles. The summed E-state index contributed by atoms with van der Waals surface area (Å²) in [6.45, 7) is 4.06. The highest BCUT2D eigenvalue weighted by atomic mass is 32.2. The second-order valence-electron chi connectivity index (χ2n) is 6.65. The molecule has 138 valence electrons. The van der Waals surface area contributed by atoms with E-state index in [1.807, 2.05) is 55.5 Å². The monoisotopic (exact) mass is 375 g/mol. The molecule has 0 saturated heterocycles. The zero-order valence-corrected chi connectivity index (χ0v) is 16.6. The van der Waals surface area contributed by atoms with Gasteiger partial charge in [0.2, 0.25) is 5.91 Å². The average molecular weight is 376 g/mol. The lowest BCUT2D eigenvalue weighted by atomic mass is 9.95. The van der Waals surface area contributed by atoms with Crippen LogP contribution in [0, 0.1) is 6.92 Å². The summed E-state index contributed by atoms with van der Waals surface area (Å²) in [5.41, 5.74) is 4.65. The molecule has 1 N–H and O–H groups in total. The fourth-order valence-corrected chi connectivity index (χ4v) is 3.88. The van der Waals surface area contributed by atoms with Crippen molar-refractivity contribution < 1.29 is 4.79 Å². The molecule has 0 unspecified atom stereocenters. The molecule has 27 heavy (non-hydrogen) atoms. The Morgan fingerprint density at radius 1 is 0.889 bits per heavy atom. The smallest absolute Gasteiger partial charge is 0.233 e. The number of rotatable bonds is 7. The summed E-state index contributed by atoms with van der Waals surface area (Å²) in [4.78, 5) is 12.9. The Kier molecular flexibility index (Phi) is 6.72. The van der Waals surface area contributed by atoms with E-state index in [0.29, 0.717) is 0 Å². The summed E-state index contributed by atoms with van der Waals surface area (Å²) in [5, 5.41) is 3.14. The van der Waals surface area contributed by atoms with Gasteiger partial charge in [-0.2, -0.15) is 0 Å². The molecule has 0 radical (unpaired) electrons. The number of nitrogens with one attached hydrogen (secondary N) is 1. The Hall–Kier alpha value is -2.52. The molecule has 2 nitrogen and oxygen atoms in total. The Labute approximate surface area is 166 Å². The van der Waals surface area contributed by atoms with Gasteiger partial charge in [0.25, 0.3) is 0 Å². The molecular weight excluding hydrogens is 350 g/mol. The third-order valence-corrected chi connectivity index (χ3v) is 5.85. The predicted octanol–water partition coefficient (Wildman–Crippen LogP) is 5.52. The molecule has 1 amide bonds. The van der Waals surface area contributed by atoms with Gasteiger partial charge in [-0.05, 0) is 36.1 Å². The van der Waals surface area contributed by atoms with Crippen molar-refractivity contribution in [1.29, 1.82) is 0 Å². The molecule has 0 aromatic heterocycles. The fraction of sp³-hybridized carbons (Fsp3) is 0.208. The van der Waals surface area contributed by atoms with E-state index in [-0.39, 0.29) is 17.2 Å². The van der Waals surface area contributed by atoms with Crippen LogP contribution in [0.25, 0.3) is 0 Å². The van der Waals surface area contributed by atoms with Gasteiger partial charge in [0.1, 0.15) is 0 Å². The lowest BCUT2D eigenvalue weighted by molar-refractivity contribution is -0.120. The first-order valence-electron chi connectivity index (χ1n) is 9.21. The van der Waals surface area contributed by atoms with Gasteiger partial charge in [0, 0.05) is 5.75 Å². The van der Waals surface area contributed by atoms with Gasteiger partial charge in [0.05, 0.1) is 11.3 Å². The quantitative estimate of drug-likeness (QED) is 0.589. The lowest BCUT2D eigenvalue weighted by Gasteiger charge is -2.23. The first-order valence-corrected chi connectivity index (χ1v) is 10.3. The molecule has 3 heteroatoms. The topological polar surface area (TPSA) is 29.1 Å². The number of amides is 1. The first kappa shape index (κ1) is 19.2. The highest BCUT2D eigenvalue weighted by molar-refractivity contribution is 7.99. The van der Waals surface area contributed by atoms with Crippen LogP contribution in [-0.2, 0) is 10.5 Å². The maximum absolute atomic E-state index is 12.9. The van der Waals surface area contributed by atoms with Crippen LogP contribution in [0.4, 0.5) is 0 Å². The molecule has 0 fully saturated rings. The van der Waals surface area contributed by atoms with Crippen LogP contribution in [0.3, 0.4) is 0 Å². The van der Waals surface area contributed by atoms with Crippen molar-refractivity contribution in [2.45, 2.75) is 30.9 Å². The number of carbonyl (C=O) groups is 1. The van der Waals surface area contributed by atoms with E-state index < -0.39 is 0 Å². The maximum atomic E-state index is 12.9. The molecule has 0 bridgehead atoms. The van der Waals surface area contributed by atoms with Crippen molar-refractivity contribution in [3.63, 3.8) is 0 Å². The summed E-state index contributed by atoms with van der Waals surface area (Å²) in [6, 6.07) is 28.5.